The zero-order valence-corrected chi connectivity index (χ0v) is 16.5. The summed E-state index contributed by atoms with van der Waals surface area (Å²) >= 11 is 0. The summed E-state index contributed by atoms with van der Waals surface area (Å²) in [6, 6.07) is 18.7. The third-order valence-corrected chi connectivity index (χ3v) is 4.56. The van der Waals surface area contributed by atoms with E-state index in [-0.39, 0.29) is 12.0 Å². The molecule has 0 aliphatic heterocycles. The van der Waals surface area contributed by atoms with Gasteiger partial charge >= 0.3 is 0 Å². The molecule has 1 amide bonds. The molecule has 1 N–H and O–H groups in total. The molecule has 0 spiro atoms. The van der Waals surface area contributed by atoms with E-state index in [1.807, 2.05) is 75.4 Å². The summed E-state index contributed by atoms with van der Waals surface area (Å²) in [5, 5.41) is 2.90. The maximum absolute atomic E-state index is 12.6. The van der Waals surface area contributed by atoms with Gasteiger partial charge < -0.3 is 14.8 Å². The van der Waals surface area contributed by atoms with Crippen LogP contribution in [-0.4, -0.2) is 18.0 Å². The number of nitrogens with one attached hydrogen (secondary N) is 1. The second-order valence-corrected chi connectivity index (χ2v) is 6.59. The summed E-state index contributed by atoms with van der Waals surface area (Å²) in [7, 11) is 1.63. The van der Waals surface area contributed by atoms with Gasteiger partial charge in [-0.2, -0.15) is 0 Å². The van der Waals surface area contributed by atoms with Gasteiger partial charge in [0.25, 0.3) is 5.91 Å². The van der Waals surface area contributed by atoms with Crippen molar-refractivity contribution in [3.8, 4) is 11.5 Å². The fourth-order valence-electron chi connectivity index (χ4n) is 2.77. The van der Waals surface area contributed by atoms with Gasteiger partial charge in [0.1, 0.15) is 11.5 Å². The van der Waals surface area contributed by atoms with Crippen LogP contribution >= 0.6 is 0 Å². The number of methoxy groups -OCH3 is 1. The van der Waals surface area contributed by atoms with Gasteiger partial charge in [-0.1, -0.05) is 18.2 Å². The molecule has 0 bridgehead atoms. The second-order valence-electron chi connectivity index (χ2n) is 6.59. The molecule has 144 valence electrons. The van der Waals surface area contributed by atoms with E-state index in [1.54, 1.807) is 13.2 Å². The fraction of sp³-hybridized carbons (Fsp3) is 0.217. The molecule has 1 aromatic heterocycles. The normalized spacial score (nSPS) is 11.7. The van der Waals surface area contributed by atoms with Crippen molar-refractivity contribution < 1.29 is 14.3 Å². The average molecular weight is 376 g/mol. The number of pyridine rings is 1. The largest absolute Gasteiger partial charge is 0.457 e. The van der Waals surface area contributed by atoms with Crippen molar-refractivity contribution in [1.29, 1.82) is 0 Å². The van der Waals surface area contributed by atoms with Gasteiger partial charge in [-0.25, -0.2) is 0 Å². The standard InChI is InChI=1S/C23H24N2O3/c1-15-7-5-6-8-22(15)28-19-11-9-18(10-12-19)25-23(26)20-13-14-21(17(3)27-4)24-16(20)2/h5-14,17H,1-4H3,(H,25,26). The molecular weight excluding hydrogens is 352 g/mol. The molecule has 0 saturated heterocycles. The van der Waals surface area contributed by atoms with E-state index in [0.717, 1.165) is 17.0 Å². The third kappa shape index (κ3) is 4.56. The first-order valence-corrected chi connectivity index (χ1v) is 9.13. The number of rotatable bonds is 6. The molecule has 5 heteroatoms. The van der Waals surface area contributed by atoms with Gasteiger partial charge in [0, 0.05) is 12.8 Å². The molecule has 3 aromatic rings. The molecule has 0 fully saturated rings. The zero-order chi connectivity index (χ0) is 20.1. The Morgan fingerprint density at radius 3 is 2.36 bits per heavy atom. The number of nitrogens with zero attached hydrogens (tertiary/aromatic N) is 1. The molecule has 0 aliphatic rings. The number of benzene rings is 2. The molecule has 1 unspecified atom stereocenters. The minimum atomic E-state index is -0.200. The van der Waals surface area contributed by atoms with Crippen LogP contribution in [-0.2, 0) is 4.74 Å². The van der Waals surface area contributed by atoms with Crippen molar-refractivity contribution in [3.63, 3.8) is 0 Å². The van der Waals surface area contributed by atoms with Crippen LogP contribution < -0.4 is 10.1 Å². The van der Waals surface area contributed by atoms with Crippen LogP contribution in [0, 0.1) is 13.8 Å². The van der Waals surface area contributed by atoms with E-state index in [0.29, 0.717) is 22.7 Å². The van der Waals surface area contributed by atoms with Gasteiger partial charge in [0.15, 0.2) is 0 Å². The van der Waals surface area contributed by atoms with E-state index < -0.39 is 0 Å². The number of hydrogen-bond donors (Lipinski definition) is 1. The lowest BCUT2D eigenvalue weighted by molar-refractivity contribution is 0.102. The highest BCUT2D eigenvalue weighted by Crippen LogP contribution is 2.26. The van der Waals surface area contributed by atoms with Crippen LogP contribution in [0.1, 0.15) is 40.3 Å². The summed E-state index contributed by atoms with van der Waals surface area (Å²) in [4.78, 5) is 17.1. The SMILES string of the molecule is COC(C)c1ccc(C(=O)Nc2ccc(Oc3ccccc3C)cc2)c(C)n1. The van der Waals surface area contributed by atoms with Gasteiger partial charge in [-0.15, -0.1) is 0 Å². The summed E-state index contributed by atoms with van der Waals surface area (Å²) in [5.74, 6) is 1.32. The Kier molecular flexibility index (Phi) is 6.06. The Bertz CT molecular complexity index is 968. The van der Waals surface area contributed by atoms with Crippen LogP contribution in [0.2, 0.25) is 0 Å². The minimum Gasteiger partial charge on any atom is -0.457 e. The fourth-order valence-corrected chi connectivity index (χ4v) is 2.77. The van der Waals surface area contributed by atoms with Crippen molar-refractivity contribution in [1.82, 2.24) is 4.98 Å². The number of hydrogen-bond acceptors (Lipinski definition) is 4. The smallest absolute Gasteiger partial charge is 0.257 e. The highest BCUT2D eigenvalue weighted by atomic mass is 16.5. The highest BCUT2D eigenvalue weighted by molar-refractivity contribution is 6.05. The van der Waals surface area contributed by atoms with E-state index in [9.17, 15) is 4.79 Å². The quantitative estimate of drug-likeness (QED) is 0.621. The first kappa shape index (κ1) is 19.6. The van der Waals surface area contributed by atoms with Crippen molar-refractivity contribution in [2.24, 2.45) is 0 Å². The van der Waals surface area contributed by atoms with Crippen molar-refractivity contribution in [2.45, 2.75) is 26.9 Å². The van der Waals surface area contributed by atoms with Gasteiger partial charge in [-0.3, -0.25) is 9.78 Å². The van der Waals surface area contributed by atoms with Crippen molar-refractivity contribution in [3.05, 3.63) is 83.2 Å². The predicted octanol–water partition coefficient (Wildman–Crippen LogP) is 5.45. The molecule has 28 heavy (non-hydrogen) atoms. The molecule has 3 rings (SSSR count). The Labute approximate surface area is 165 Å². The van der Waals surface area contributed by atoms with Crippen LogP contribution in [0.15, 0.2) is 60.7 Å². The van der Waals surface area contributed by atoms with E-state index in [2.05, 4.69) is 10.3 Å². The third-order valence-electron chi connectivity index (χ3n) is 4.56. The highest BCUT2D eigenvalue weighted by Gasteiger charge is 2.13. The first-order chi connectivity index (χ1) is 13.5. The summed E-state index contributed by atoms with van der Waals surface area (Å²) in [6.45, 7) is 5.74. The van der Waals surface area contributed by atoms with Gasteiger partial charge in [-0.05, 0) is 68.8 Å². The second kappa shape index (κ2) is 8.67. The van der Waals surface area contributed by atoms with Gasteiger partial charge in [0.2, 0.25) is 0 Å². The summed E-state index contributed by atoms with van der Waals surface area (Å²) < 4.78 is 11.2. The van der Waals surface area contributed by atoms with Crippen LogP contribution in [0.25, 0.3) is 0 Å². The molecule has 2 aromatic carbocycles. The Balaban J connectivity index is 1.68. The van der Waals surface area contributed by atoms with Crippen LogP contribution in [0.5, 0.6) is 11.5 Å². The summed E-state index contributed by atoms with van der Waals surface area (Å²) in [6.07, 6.45) is -0.114. The molecule has 0 radical (unpaired) electrons. The summed E-state index contributed by atoms with van der Waals surface area (Å²) in [5.41, 5.74) is 3.75. The van der Waals surface area contributed by atoms with Crippen molar-refractivity contribution >= 4 is 11.6 Å². The molecule has 0 aliphatic carbocycles. The lowest BCUT2D eigenvalue weighted by atomic mass is 10.1. The Morgan fingerprint density at radius 1 is 1.00 bits per heavy atom. The molecule has 1 atom stereocenters. The molecule has 1 heterocycles. The first-order valence-electron chi connectivity index (χ1n) is 9.13. The molecule has 0 saturated carbocycles. The average Bonchev–Trinajstić information content (AvgIpc) is 2.70. The Hall–Kier alpha value is -3.18. The number of aryl methyl sites for hydroxylation is 2. The van der Waals surface area contributed by atoms with E-state index >= 15 is 0 Å². The van der Waals surface area contributed by atoms with Crippen LogP contribution in [0.3, 0.4) is 0 Å². The van der Waals surface area contributed by atoms with Crippen molar-refractivity contribution in [2.75, 3.05) is 12.4 Å². The maximum Gasteiger partial charge on any atom is 0.257 e. The lowest BCUT2D eigenvalue weighted by Crippen LogP contribution is -2.15. The lowest BCUT2D eigenvalue weighted by Gasteiger charge is -2.13. The number of carbonyl (C=O) groups is 1. The number of ether oxygens (including phenoxy) is 2. The number of para-hydroxylation sites is 1. The predicted molar refractivity (Wildman–Crippen MR) is 110 cm³/mol. The monoisotopic (exact) mass is 376 g/mol. The molecule has 5 nitrogen and oxygen atoms in total. The zero-order valence-electron chi connectivity index (χ0n) is 16.5. The number of anilines is 1. The van der Waals surface area contributed by atoms with Gasteiger partial charge in [0.05, 0.1) is 23.1 Å². The number of aromatic nitrogens is 1. The van der Waals surface area contributed by atoms with E-state index in [4.69, 9.17) is 9.47 Å². The van der Waals surface area contributed by atoms with E-state index in [1.165, 1.54) is 0 Å². The maximum atomic E-state index is 12.6. The number of amides is 1. The van der Waals surface area contributed by atoms with Crippen LogP contribution in [0.4, 0.5) is 5.69 Å². The molecular formula is C23H24N2O3. The minimum absolute atomic E-state index is 0.114. The number of carbonyl (C=O) groups excluding carboxylic acids is 1. The Morgan fingerprint density at radius 2 is 1.71 bits per heavy atom. The topological polar surface area (TPSA) is 60.5 Å².